The van der Waals surface area contributed by atoms with Crippen LogP contribution in [0.15, 0.2) is 59.7 Å². The number of rotatable bonds is 6. The van der Waals surface area contributed by atoms with Gasteiger partial charge in [0.1, 0.15) is 5.00 Å². The zero-order chi connectivity index (χ0) is 26.8. The molecule has 0 radical (unpaired) electrons. The molecule has 0 fully saturated rings. The zero-order valence-corrected chi connectivity index (χ0v) is 23.2. The summed E-state index contributed by atoms with van der Waals surface area (Å²) in [6, 6.07) is 16.7. The zero-order valence-electron chi connectivity index (χ0n) is 21.6. The van der Waals surface area contributed by atoms with Gasteiger partial charge in [-0.25, -0.2) is 5.43 Å². The number of aromatic nitrogens is 1. The fourth-order valence-corrected chi connectivity index (χ4v) is 6.59. The lowest BCUT2D eigenvalue weighted by atomic mass is 9.95. The second kappa shape index (κ2) is 11.0. The second-order valence-corrected chi connectivity index (χ2v) is 11.0. The highest BCUT2D eigenvalue weighted by molar-refractivity contribution is 7.15. The van der Waals surface area contributed by atoms with Gasteiger partial charge >= 0.3 is 0 Å². The van der Waals surface area contributed by atoms with E-state index in [9.17, 15) is 9.59 Å². The lowest BCUT2D eigenvalue weighted by Crippen LogP contribution is -2.18. The standard InChI is InChI=1S/C30H29ClN4O2S/c1-18-12-14-22(15-13-18)33-29(37)27-24-9-5-7-11-26(24)38-30(27)35-19(2)16-21(20(35)3)17-32-34-28(36)23-8-4-6-10-25(23)31/h4,6,8,10,12-17H,5,7,9,11H2,1-3H3,(H,33,37)(H,34,36)/b32-17-. The highest BCUT2D eigenvalue weighted by atomic mass is 35.5. The van der Waals surface area contributed by atoms with E-state index in [1.807, 2.05) is 51.1 Å². The Hall–Kier alpha value is -3.68. The van der Waals surface area contributed by atoms with Gasteiger partial charge in [-0.1, -0.05) is 41.4 Å². The highest BCUT2D eigenvalue weighted by Gasteiger charge is 2.28. The summed E-state index contributed by atoms with van der Waals surface area (Å²) in [5.74, 6) is -0.459. The summed E-state index contributed by atoms with van der Waals surface area (Å²) in [7, 11) is 0. The van der Waals surface area contributed by atoms with E-state index >= 15 is 0 Å². The SMILES string of the molecule is Cc1ccc(NC(=O)c2c(-n3c(C)cc(/C=N\NC(=O)c4ccccc4Cl)c3C)sc3c2CCCC3)cc1. The topological polar surface area (TPSA) is 75.5 Å². The highest BCUT2D eigenvalue weighted by Crippen LogP contribution is 2.39. The third kappa shape index (κ3) is 5.17. The van der Waals surface area contributed by atoms with E-state index in [2.05, 4.69) is 20.4 Å². The number of amides is 2. The number of hydrogen-bond donors (Lipinski definition) is 2. The maximum absolute atomic E-state index is 13.7. The Labute approximate surface area is 231 Å². The molecule has 0 spiro atoms. The number of carbonyl (C=O) groups excluding carboxylic acids is 2. The minimum Gasteiger partial charge on any atom is -0.322 e. The van der Waals surface area contributed by atoms with Gasteiger partial charge in [-0.2, -0.15) is 5.10 Å². The summed E-state index contributed by atoms with van der Waals surface area (Å²) < 4.78 is 2.13. The first-order valence-electron chi connectivity index (χ1n) is 12.6. The van der Waals surface area contributed by atoms with Gasteiger partial charge in [0, 0.05) is 27.5 Å². The Balaban J connectivity index is 1.46. The van der Waals surface area contributed by atoms with Crippen molar-refractivity contribution >= 4 is 46.7 Å². The number of hydrazone groups is 1. The molecule has 0 bridgehead atoms. The first-order chi connectivity index (χ1) is 18.3. The van der Waals surface area contributed by atoms with Crippen molar-refractivity contribution in [1.82, 2.24) is 9.99 Å². The molecule has 194 valence electrons. The van der Waals surface area contributed by atoms with E-state index in [4.69, 9.17) is 11.6 Å². The molecule has 5 rings (SSSR count). The minimum atomic E-state index is -0.373. The van der Waals surface area contributed by atoms with E-state index in [1.165, 1.54) is 4.88 Å². The number of nitrogens with zero attached hydrogens (tertiary/aromatic N) is 2. The van der Waals surface area contributed by atoms with Crippen molar-refractivity contribution in [2.75, 3.05) is 5.32 Å². The molecule has 0 aliphatic heterocycles. The van der Waals surface area contributed by atoms with Crippen LogP contribution in [0, 0.1) is 20.8 Å². The Morgan fingerprint density at radius 3 is 2.50 bits per heavy atom. The van der Waals surface area contributed by atoms with Gasteiger partial charge < -0.3 is 9.88 Å². The molecule has 0 unspecified atom stereocenters. The lowest BCUT2D eigenvalue weighted by Gasteiger charge is -2.14. The third-order valence-corrected chi connectivity index (χ3v) is 8.46. The summed E-state index contributed by atoms with van der Waals surface area (Å²) in [6.45, 7) is 6.05. The molecule has 38 heavy (non-hydrogen) atoms. The van der Waals surface area contributed by atoms with Gasteiger partial charge in [-0.15, -0.1) is 11.3 Å². The van der Waals surface area contributed by atoms with Gasteiger partial charge in [-0.3, -0.25) is 9.59 Å². The third-order valence-electron chi connectivity index (χ3n) is 6.85. The number of hydrogen-bond acceptors (Lipinski definition) is 4. The monoisotopic (exact) mass is 544 g/mol. The molecular weight excluding hydrogens is 516 g/mol. The van der Waals surface area contributed by atoms with Crippen molar-refractivity contribution < 1.29 is 9.59 Å². The number of halogens is 1. The van der Waals surface area contributed by atoms with Crippen LogP contribution in [0.2, 0.25) is 5.02 Å². The molecule has 8 heteroatoms. The van der Waals surface area contributed by atoms with Gasteiger partial charge in [0.15, 0.2) is 0 Å². The van der Waals surface area contributed by atoms with Crippen LogP contribution in [0.4, 0.5) is 5.69 Å². The van der Waals surface area contributed by atoms with Gasteiger partial charge in [0.25, 0.3) is 11.8 Å². The molecule has 2 aromatic heterocycles. The largest absolute Gasteiger partial charge is 0.322 e. The fourth-order valence-electron chi connectivity index (χ4n) is 4.87. The molecule has 1 aliphatic carbocycles. The van der Waals surface area contributed by atoms with Crippen LogP contribution in [0.3, 0.4) is 0 Å². The van der Waals surface area contributed by atoms with Crippen molar-refractivity contribution in [2.45, 2.75) is 46.5 Å². The minimum absolute atomic E-state index is 0.0852. The Kier molecular flexibility index (Phi) is 7.49. The maximum atomic E-state index is 13.7. The summed E-state index contributed by atoms with van der Waals surface area (Å²) >= 11 is 7.82. The summed E-state index contributed by atoms with van der Waals surface area (Å²) in [4.78, 5) is 27.4. The molecule has 6 nitrogen and oxygen atoms in total. The number of nitrogens with one attached hydrogen (secondary N) is 2. The van der Waals surface area contributed by atoms with Gasteiger partial charge in [0.2, 0.25) is 0 Å². The average Bonchev–Trinajstić information content (AvgIpc) is 3.41. The first-order valence-corrected chi connectivity index (χ1v) is 13.8. The predicted molar refractivity (Wildman–Crippen MR) is 155 cm³/mol. The Bertz CT molecular complexity index is 1550. The molecule has 2 N–H and O–H groups in total. The summed E-state index contributed by atoms with van der Waals surface area (Å²) in [5.41, 5.74) is 9.56. The molecule has 0 saturated heterocycles. The molecule has 4 aromatic rings. The number of fused-ring (bicyclic) bond motifs is 1. The van der Waals surface area contributed by atoms with Gasteiger partial charge in [0.05, 0.1) is 22.4 Å². The van der Waals surface area contributed by atoms with Crippen LogP contribution >= 0.6 is 22.9 Å². The summed E-state index contributed by atoms with van der Waals surface area (Å²) in [5, 5.41) is 8.59. The van der Waals surface area contributed by atoms with Gasteiger partial charge in [-0.05, 0) is 82.3 Å². The average molecular weight is 545 g/mol. The first kappa shape index (κ1) is 25.9. The quantitative estimate of drug-likeness (QED) is 0.202. The Morgan fingerprint density at radius 1 is 1.00 bits per heavy atom. The van der Waals surface area contributed by atoms with Crippen LogP contribution < -0.4 is 10.7 Å². The molecule has 2 aromatic carbocycles. The van der Waals surface area contributed by atoms with Crippen LogP contribution in [-0.4, -0.2) is 22.6 Å². The predicted octanol–water partition coefficient (Wildman–Crippen LogP) is 7.01. The van der Waals surface area contributed by atoms with Crippen molar-refractivity contribution in [2.24, 2.45) is 5.10 Å². The molecule has 0 atom stereocenters. The van der Waals surface area contributed by atoms with Crippen molar-refractivity contribution in [3.8, 4) is 5.00 Å². The van der Waals surface area contributed by atoms with Crippen molar-refractivity contribution in [3.05, 3.63) is 104 Å². The van der Waals surface area contributed by atoms with Crippen molar-refractivity contribution in [3.63, 3.8) is 0 Å². The number of aryl methyl sites for hydroxylation is 3. The lowest BCUT2D eigenvalue weighted by molar-refractivity contribution is 0.0954. The molecule has 2 amide bonds. The second-order valence-electron chi connectivity index (χ2n) is 9.55. The number of thiophene rings is 1. The number of carbonyl (C=O) groups is 2. The molecule has 0 saturated carbocycles. The van der Waals surface area contributed by atoms with Crippen molar-refractivity contribution in [1.29, 1.82) is 0 Å². The van der Waals surface area contributed by atoms with E-state index < -0.39 is 0 Å². The molecule has 2 heterocycles. The van der Waals surface area contributed by atoms with E-state index in [-0.39, 0.29) is 11.8 Å². The van der Waals surface area contributed by atoms with Crippen LogP contribution in [0.1, 0.15) is 66.5 Å². The summed E-state index contributed by atoms with van der Waals surface area (Å²) in [6.07, 6.45) is 5.75. The number of benzene rings is 2. The maximum Gasteiger partial charge on any atom is 0.272 e. The smallest absolute Gasteiger partial charge is 0.272 e. The van der Waals surface area contributed by atoms with E-state index in [0.29, 0.717) is 10.6 Å². The molecular formula is C30H29ClN4O2S. The normalized spacial score (nSPS) is 12.9. The van der Waals surface area contributed by atoms with Crippen LogP contribution in [0.5, 0.6) is 0 Å². The Morgan fingerprint density at radius 2 is 1.74 bits per heavy atom. The fraction of sp³-hybridized carbons (Fsp3) is 0.233. The van der Waals surface area contributed by atoms with Crippen LogP contribution in [0.25, 0.3) is 5.00 Å². The van der Waals surface area contributed by atoms with E-state index in [1.54, 1.807) is 41.8 Å². The van der Waals surface area contributed by atoms with Crippen LogP contribution in [-0.2, 0) is 12.8 Å². The number of anilines is 1. The van der Waals surface area contributed by atoms with E-state index in [0.717, 1.165) is 70.0 Å². The molecule has 1 aliphatic rings.